The number of aliphatic carboxylic acids is 1. The van der Waals surface area contributed by atoms with Gasteiger partial charge in [-0.3, -0.25) is 4.79 Å². The molecular formula is C12H18N2O2. The molecular weight excluding hydrogens is 204 g/mol. The zero-order chi connectivity index (χ0) is 12.0. The highest BCUT2D eigenvalue weighted by molar-refractivity contribution is 5.73. The van der Waals surface area contributed by atoms with Crippen LogP contribution < -0.4 is 11.1 Å². The summed E-state index contributed by atoms with van der Waals surface area (Å²) in [5.74, 6) is -0.978. The summed E-state index contributed by atoms with van der Waals surface area (Å²) in [6.07, 6.45) is 1.03. The topological polar surface area (TPSA) is 75.3 Å². The predicted molar refractivity (Wildman–Crippen MR) is 63.1 cm³/mol. The molecule has 0 saturated heterocycles. The fourth-order valence-corrected chi connectivity index (χ4v) is 1.35. The Morgan fingerprint density at radius 2 is 1.94 bits per heavy atom. The Bertz CT molecular complexity index is 335. The third kappa shape index (κ3) is 4.00. The van der Waals surface area contributed by atoms with E-state index in [1.807, 2.05) is 12.1 Å². The fourth-order valence-electron chi connectivity index (χ4n) is 1.35. The maximum absolute atomic E-state index is 10.5. The minimum absolute atomic E-state index is 0.283. The maximum atomic E-state index is 10.5. The van der Waals surface area contributed by atoms with Gasteiger partial charge in [-0.15, -0.1) is 0 Å². The van der Waals surface area contributed by atoms with E-state index in [-0.39, 0.29) is 6.54 Å². The molecule has 1 unspecified atom stereocenters. The number of carbonyl (C=O) groups is 1. The molecule has 1 aromatic carbocycles. The SMILES string of the molecule is CCc1ccc(CNCC(N)C(=O)O)cc1. The lowest BCUT2D eigenvalue weighted by molar-refractivity contribution is -0.138. The molecule has 0 aromatic heterocycles. The first-order valence-corrected chi connectivity index (χ1v) is 5.40. The molecule has 4 heteroatoms. The molecule has 0 aliphatic carbocycles. The van der Waals surface area contributed by atoms with Gasteiger partial charge < -0.3 is 16.2 Å². The average Bonchev–Trinajstić information content (AvgIpc) is 2.29. The van der Waals surface area contributed by atoms with E-state index in [9.17, 15) is 4.79 Å². The van der Waals surface area contributed by atoms with Gasteiger partial charge in [0.1, 0.15) is 6.04 Å². The minimum atomic E-state index is -0.978. The first kappa shape index (κ1) is 12.7. The van der Waals surface area contributed by atoms with Crippen LogP contribution in [0.2, 0.25) is 0 Å². The standard InChI is InChI=1S/C12H18N2O2/c1-2-9-3-5-10(6-4-9)7-14-8-11(13)12(15)16/h3-6,11,14H,2,7-8,13H2,1H3,(H,15,16). The largest absolute Gasteiger partial charge is 0.480 e. The van der Waals surface area contributed by atoms with Crippen molar-refractivity contribution >= 4 is 5.97 Å². The summed E-state index contributed by atoms with van der Waals surface area (Å²) in [6, 6.07) is 7.40. The Hall–Kier alpha value is -1.39. The van der Waals surface area contributed by atoms with Crippen molar-refractivity contribution in [3.63, 3.8) is 0 Å². The van der Waals surface area contributed by atoms with Crippen molar-refractivity contribution in [1.29, 1.82) is 0 Å². The van der Waals surface area contributed by atoms with Crippen molar-refractivity contribution in [2.45, 2.75) is 25.9 Å². The van der Waals surface area contributed by atoms with Gasteiger partial charge in [0.25, 0.3) is 0 Å². The highest BCUT2D eigenvalue weighted by Gasteiger charge is 2.09. The highest BCUT2D eigenvalue weighted by Crippen LogP contribution is 2.04. The van der Waals surface area contributed by atoms with Gasteiger partial charge in [0.15, 0.2) is 0 Å². The molecule has 0 aliphatic rings. The molecule has 0 fully saturated rings. The fraction of sp³-hybridized carbons (Fsp3) is 0.417. The molecule has 0 bridgehead atoms. The average molecular weight is 222 g/mol. The van der Waals surface area contributed by atoms with Crippen molar-refractivity contribution in [3.05, 3.63) is 35.4 Å². The number of benzene rings is 1. The first-order valence-electron chi connectivity index (χ1n) is 5.40. The van der Waals surface area contributed by atoms with Crippen molar-refractivity contribution in [2.75, 3.05) is 6.54 Å². The van der Waals surface area contributed by atoms with Crippen LogP contribution in [0.5, 0.6) is 0 Å². The van der Waals surface area contributed by atoms with Crippen LogP contribution in [-0.4, -0.2) is 23.7 Å². The van der Waals surface area contributed by atoms with Crippen LogP contribution >= 0.6 is 0 Å². The normalized spacial score (nSPS) is 12.4. The Labute approximate surface area is 95.5 Å². The van der Waals surface area contributed by atoms with E-state index in [0.29, 0.717) is 6.54 Å². The zero-order valence-corrected chi connectivity index (χ0v) is 9.44. The summed E-state index contributed by atoms with van der Waals surface area (Å²) in [7, 11) is 0. The summed E-state index contributed by atoms with van der Waals surface area (Å²) >= 11 is 0. The Kier molecular flexibility index (Phi) is 4.95. The summed E-state index contributed by atoms with van der Waals surface area (Å²) in [5, 5.41) is 11.6. The molecule has 1 aromatic rings. The van der Waals surface area contributed by atoms with Gasteiger partial charge in [-0.25, -0.2) is 0 Å². The number of hydrogen-bond donors (Lipinski definition) is 3. The van der Waals surface area contributed by atoms with Crippen LogP contribution in [0.1, 0.15) is 18.1 Å². The first-order chi connectivity index (χ1) is 7.63. The molecule has 88 valence electrons. The Morgan fingerprint density at radius 3 is 2.44 bits per heavy atom. The predicted octanol–water partition coefficient (Wildman–Crippen LogP) is 0.750. The summed E-state index contributed by atoms with van der Waals surface area (Å²) in [5.41, 5.74) is 7.80. The second-order valence-electron chi connectivity index (χ2n) is 3.75. The molecule has 1 atom stereocenters. The summed E-state index contributed by atoms with van der Waals surface area (Å²) in [4.78, 5) is 10.5. The molecule has 4 N–H and O–H groups in total. The molecule has 0 amide bonds. The van der Waals surface area contributed by atoms with Crippen LogP contribution in [0, 0.1) is 0 Å². The van der Waals surface area contributed by atoms with Gasteiger partial charge in [-0.05, 0) is 17.5 Å². The van der Waals surface area contributed by atoms with Crippen LogP contribution in [0.4, 0.5) is 0 Å². The number of carboxylic acids is 1. The van der Waals surface area contributed by atoms with Gasteiger partial charge in [-0.1, -0.05) is 31.2 Å². The second-order valence-corrected chi connectivity index (χ2v) is 3.75. The van der Waals surface area contributed by atoms with E-state index >= 15 is 0 Å². The Balaban J connectivity index is 2.34. The van der Waals surface area contributed by atoms with E-state index in [0.717, 1.165) is 12.0 Å². The smallest absolute Gasteiger partial charge is 0.321 e. The maximum Gasteiger partial charge on any atom is 0.321 e. The van der Waals surface area contributed by atoms with Gasteiger partial charge >= 0.3 is 5.97 Å². The molecule has 0 spiro atoms. The number of carboxylic acid groups (broad SMARTS) is 1. The number of hydrogen-bond acceptors (Lipinski definition) is 3. The molecule has 0 heterocycles. The van der Waals surface area contributed by atoms with Crippen molar-refractivity contribution in [2.24, 2.45) is 5.73 Å². The van der Waals surface area contributed by atoms with E-state index in [4.69, 9.17) is 10.8 Å². The van der Waals surface area contributed by atoms with E-state index in [1.165, 1.54) is 5.56 Å². The molecule has 1 rings (SSSR count). The summed E-state index contributed by atoms with van der Waals surface area (Å²) in [6.45, 7) is 3.04. The van der Waals surface area contributed by atoms with Crippen molar-refractivity contribution in [3.8, 4) is 0 Å². The minimum Gasteiger partial charge on any atom is -0.480 e. The second kappa shape index (κ2) is 6.25. The van der Waals surface area contributed by atoms with Crippen molar-refractivity contribution in [1.82, 2.24) is 5.32 Å². The third-order valence-electron chi connectivity index (χ3n) is 2.44. The molecule has 16 heavy (non-hydrogen) atoms. The molecule has 0 aliphatic heterocycles. The molecule has 0 radical (unpaired) electrons. The van der Waals surface area contributed by atoms with Crippen LogP contribution in [0.15, 0.2) is 24.3 Å². The third-order valence-corrected chi connectivity index (χ3v) is 2.44. The van der Waals surface area contributed by atoms with E-state index in [2.05, 4.69) is 24.4 Å². The monoisotopic (exact) mass is 222 g/mol. The van der Waals surface area contributed by atoms with Crippen LogP contribution in [0.25, 0.3) is 0 Å². The van der Waals surface area contributed by atoms with Gasteiger partial charge in [0, 0.05) is 13.1 Å². The van der Waals surface area contributed by atoms with Crippen LogP contribution in [0.3, 0.4) is 0 Å². The zero-order valence-electron chi connectivity index (χ0n) is 9.44. The van der Waals surface area contributed by atoms with Gasteiger partial charge in [0.05, 0.1) is 0 Å². The lowest BCUT2D eigenvalue weighted by Crippen LogP contribution is -2.40. The number of nitrogens with one attached hydrogen (secondary N) is 1. The quantitative estimate of drug-likeness (QED) is 0.664. The highest BCUT2D eigenvalue weighted by atomic mass is 16.4. The number of aryl methyl sites for hydroxylation is 1. The summed E-state index contributed by atoms with van der Waals surface area (Å²) < 4.78 is 0. The van der Waals surface area contributed by atoms with Crippen molar-refractivity contribution < 1.29 is 9.90 Å². The molecule has 0 saturated carbocycles. The molecule has 4 nitrogen and oxygen atoms in total. The van der Waals surface area contributed by atoms with Gasteiger partial charge in [0.2, 0.25) is 0 Å². The number of nitrogens with two attached hydrogens (primary N) is 1. The number of rotatable bonds is 6. The van der Waals surface area contributed by atoms with Crippen LogP contribution in [-0.2, 0) is 17.8 Å². The van der Waals surface area contributed by atoms with Gasteiger partial charge in [-0.2, -0.15) is 0 Å². The Morgan fingerprint density at radius 1 is 1.38 bits per heavy atom. The lowest BCUT2D eigenvalue weighted by atomic mass is 10.1. The lowest BCUT2D eigenvalue weighted by Gasteiger charge is -2.08. The van der Waals surface area contributed by atoms with E-state index in [1.54, 1.807) is 0 Å². The van der Waals surface area contributed by atoms with E-state index < -0.39 is 12.0 Å².